The van der Waals surface area contributed by atoms with Crippen molar-refractivity contribution in [3.63, 3.8) is 0 Å². The van der Waals surface area contributed by atoms with Gasteiger partial charge in [-0.15, -0.1) is 24.0 Å². The summed E-state index contributed by atoms with van der Waals surface area (Å²) < 4.78 is 5.68. The molecule has 2 N–H and O–H groups in total. The fourth-order valence-corrected chi connectivity index (χ4v) is 3.94. The van der Waals surface area contributed by atoms with E-state index in [-0.39, 0.29) is 24.0 Å². The fourth-order valence-electron chi connectivity index (χ4n) is 2.41. The van der Waals surface area contributed by atoms with Crippen LogP contribution in [0.3, 0.4) is 0 Å². The second kappa shape index (κ2) is 11.5. The molecule has 1 fully saturated rings. The molecule has 23 heavy (non-hydrogen) atoms. The van der Waals surface area contributed by atoms with Crippen molar-refractivity contribution in [2.45, 2.75) is 30.9 Å². The summed E-state index contributed by atoms with van der Waals surface area (Å²) >= 11 is 3.90. The van der Waals surface area contributed by atoms with Crippen LogP contribution in [0, 0.1) is 0 Å². The molecular weight excluding hydrogens is 441 g/mol. The SMILES string of the molecule is CSCCNC(=NCC1(C)CCCS1)NCCc1ccco1.I. The Hall–Kier alpha value is -0.0200. The van der Waals surface area contributed by atoms with Crippen LogP contribution < -0.4 is 10.6 Å². The van der Waals surface area contributed by atoms with Crippen LogP contribution >= 0.6 is 47.5 Å². The number of aliphatic imine (C=N–C) groups is 1. The zero-order chi connectivity index (χ0) is 15.7. The topological polar surface area (TPSA) is 49.6 Å². The van der Waals surface area contributed by atoms with Crippen molar-refractivity contribution >= 4 is 53.5 Å². The van der Waals surface area contributed by atoms with E-state index in [9.17, 15) is 0 Å². The zero-order valence-electron chi connectivity index (χ0n) is 14.0. The molecule has 0 aliphatic carbocycles. The van der Waals surface area contributed by atoms with E-state index in [1.165, 1.54) is 18.6 Å². The number of hydrogen-bond donors (Lipinski definition) is 2. The van der Waals surface area contributed by atoms with Crippen molar-refractivity contribution in [1.29, 1.82) is 0 Å². The first kappa shape index (κ1) is 21.0. The van der Waals surface area contributed by atoms with Gasteiger partial charge in [-0.2, -0.15) is 23.5 Å². The maximum Gasteiger partial charge on any atom is 0.191 e. The first-order valence-corrected chi connectivity index (χ1v) is 10.3. The standard InChI is InChI=1S/C16H27N3OS2.HI/c1-16(7-4-11-22-16)13-19-15(18-9-12-21-2)17-8-6-14-5-3-10-20-14;/h3,5,10H,4,6-9,11-13H2,1-2H3,(H2,17,18,19);1H. The monoisotopic (exact) mass is 469 g/mol. The highest BCUT2D eigenvalue weighted by Crippen LogP contribution is 2.37. The molecule has 0 bridgehead atoms. The first-order chi connectivity index (χ1) is 10.7. The Morgan fingerprint density at radius 2 is 2.26 bits per heavy atom. The lowest BCUT2D eigenvalue weighted by molar-refractivity contribution is 0.506. The maximum absolute atomic E-state index is 5.36. The number of nitrogens with one attached hydrogen (secondary N) is 2. The third-order valence-corrected chi connectivity index (χ3v) is 5.85. The van der Waals surface area contributed by atoms with E-state index in [4.69, 9.17) is 9.41 Å². The fraction of sp³-hybridized carbons (Fsp3) is 0.688. The minimum absolute atomic E-state index is 0. The number of halogens is 1. The Bertz CT molecular complexity index is 448. The molecule has 2 rings (SSSR count). The molecule has 0 saturated carbocycles. The van der Waals surface area contributed by atoms with Gasteiger partial charge < -0.3 is 15.1 Å². The molecule has 1 aromatic heterocycles. The summed E-state index contributed by atoms with van der Waals surface area (Å²) in [6.07, 6.45) is 7.31. The number of rotatable bonds is 8. The Kier molecular flexibility index (Phi) is 10.5. The molecule has 4 nitrogen and oxygen atoms in total. The van der Waals surface area contributed by atoms with Gasteiger partial charge in [-0.25, -0.2) is 0 Å². The van der Waals surface area contributed by atoms with Crippen molar-refractivity contribution in [3.8, 4) is 0 Å². The van der Waals surface area contributed by atoms with Crippen LogP contribution in [0.4, 0.5) is 0 Å². The van der Waals surface area contributed by atoms with Gasteiger partial charge in [0.15, 0.2) is 5.96 Å². The highest BCUT2D eigenvalue weighted by Gasteiger charge is 2.29. The molecule has 1 atom stereocenters. The molecule has 1 unspecified atom stereocenters. The predicted octanol–water partition coefficient (Wildman–Crippen LogP) is 3.62. The second-order valence-corrected chi connectivity index (χ2v) is 8.41. The van der Waals surface area contributed by atoms with E-state index < -0.39 is 0 Å². The summed E-state index contributed by atoms with van der Waals surface area (Å²) in [7, 11) is 0. The molecule has 1 aromatic rings. The number of nitrogens with zero attached hydrogens (tertiary/aromatic N) is 1. The third kappa shape index (κ3) is 8.07. The van der Waals surface area contributed by atoms with Crippen LogP contribution in [-0.2, 0) is 6.42 Å². The largest absolute Gasteiger partial charge is 0.469 e. The van der Waals surface area contributed by atoms with Gasteiger partial charge in [0.1, 0.15) is 5.76 Å². The lowest BCUT2D eigenvalue weighted by atomic mass is 10.1. The number of furan rings is 1. The summed E-state index contributed by atoms with van der Waals surface area (Å²) in [6.45, 7) is 4.99. The number of hydrogen-bond acceptors (Lipinski definition) is 4. The van der Waals surface area contributed by atoms with E-state index in [1.807, 2.05) is 23.9 Å². The Balaban J connectivity index is 0.00000264. The molecule has 1 aliphatic rings. The summed E-state index contributed by atoms with van der Waals surface area (Å²) in [6, 6.07) is 3.94. The van der Waals surface area contributed by atoms with Crippen molar-refractivity contribution in [2.24, 2.45) is 4.99 Å². The highest BCUT2D eigenvalue weighted by atomic mass is 127. The Morgan fingerprint density at radius 1 is 1.43 bits per heavy atom. The Labute approximate surface area is 165 Å². The van der Waals surface area contributed by atoms with Crippen LogP contribution in [0.15, 0.2) is 27.8 Å². The molecule has 0 amide bonds. The van der Waals surface area contributed by atoms with Gasteiger partial charge in [0.25, 0.3) is 0 Å². The van der Waals surface area contributed by atoms with Gasteiger partial charge in [-0.3, -0.25) is 4.99 Å². The van der Waals surface area contributed by atoms with Gasteiger partial charge >= 0.3 is 0 Å². The summed E-state index contributed by atoms with van der Waals surface area (Å²) in [4.78, 5) is 4.80. The van der Waals surface area contributed by atoms with Crippen LogP contribution in [0.5, 0.6) is 0 Å². The maximum atomic E-state index is 5.36. The normalized spacial score (nSPS) is 21.0. The minimum atomic E-state index is 0. The molecule has 2 heterocycles. The molecule has 1 aliphatic heterocycles. The molecule has 0 spiro atoms. The molecule has 1 saturated heterocycles. The predicted molar refractivity (Wildman–Crippen MR) is 115 cm³/mol. The molecule has 7 heteroatoms. The first-order valence-electron chi connectivity index (χ1n) is 7.89. The lowest BCUT2D eigenvalue weighted by Crippen LogP contribution is -2.40. The molecule has 132 valence electrons. The van der Waals surface area contributed by atoms with Crippen molar-refractivity contribution in [3.05, 3.63) is 24.2 Å². The smallest absolute Gasteiger partial charge is 0.191 e. The van der Waals surface area contributed by atoms with Gasteiger partial charge in [0, 0.05) is 30.0 Å². The zero-order valence-corrected chi connectivity index (χ0v) is 17.9. The average Bonchev–Trinajstić information content (AvgIpc) is 3.17. The number of guanidine groups is 1. The van der Waals surface area contributed by atoms with E-state index in [0.717, 1.165) is 43.5 Å². The summed E-state index contributed by atoms with van der Waals surface area (Å²) in [5, 5.41) is 6.84. The molecular formula is C16H28IN3OS2. The Morgan fingerprint density at radius 3 is 2.91 bits per heavy atom. The van der Waals surface area contributed by atoms with Gasteiger partial charge in [0.05, 0.1) is 12.8 Å². The average molecular weight is 469 g/mol. The molecule has 0 radical (unpaired) electrons. The van der Waals surface area contributed by atoms with Crippen molar-refractivity contribution in [1.82, 2.24) is 10.6 Å². The highest BCUT2D eigenvalue weighted by molar-refractivity contribution is 14.0. The van der Waals surface area contributed by atoms with E-state index in [2.05, 4.69) is 35.6 Å². The van der Waals surface area contributed by atoms with E-state index in [0.29, 0.717) is 4.75 Å². The quantitative estimate of drug-likeness (QED) is 0.264. The van der Waals surface area contributed by atoms with Crippen molar-refractivity contribution < 1.29 is 4.42 Å². The van der Waals surface area contributed by atoms with Crippen molar-refractivity contribution in [2.75, 3.05) is 37.4 Å². The van der Waals surface area contributed by atoms with Gasteiger partial charge in [-0.05, 0) is 43.9 Å². The lowest BCUT2D eigenvalue weighted by Gasteiger charge is -2.21. The second-order valence-electron chi connectivity index (χ2n) is 5.74. The van der Waals surface area contributed by atoms with E-state index in [1.54, 1.807) is 6.26 Å². The summed E-state index contributed by atoms with van der Waals surface area (Å²) in [5.74, 6) is 4.29. The molecule has 0 aromatic carbocycles. The van der Waals surface area contributed by atoms with E-state index >= 15 is 0 Å². The third-order valence-electron chi connectivity index (χ3n) is 3.71. The van der Waals surface area contributed by atoms with Gasteiger partial charge in [-0.1, -0.05) is 0 Å². The van der Waals surface area contributed by atoms with Crippen LogP contribution in [0.1, 0.15) is 25.5 Å². The minimum Gasteiger partial charge on any atom is -0.469 e. The van der Waals surface area contributed by atoms with Crippen LogP contribution in [-0.4, -0.2) is 48.1 Å². The number of thioether (sulfide) groups is 2. The van der Waals surface area contributed by atoms with Gasteiger partial charge in [0.2, 0.25) is 0 Å². The van der Waals surface area contributed by atoms with Crippen LogP contribution in [0.25, 0.3) is 0 Å². The summed E-state index contributed by atoms with van der Waals surface area (Å²) in [5.41, 5.74) is 0. The van der Waals surface area contributed by atoms with Crippen LogP contribution in [0.2, 0.25) is 0 Å².